The van der Waals surface area contributed by atoms with Gasteiger partial charge in [0.25, 0.3) is 0 Å². The second-order valence-electron chi connectivity index (χ2n) is 5.44. The molecule has 2 bridgehead atoms. The van der Waals surface area contributed by atoms with E-state index in [1.54, 1.807) is 18.2 Å². The Balaban J connectivity index is 1.80. The summed E-state index contributed by atoms with van der Waals surface area (Å²) >= 11 is 11.7. The summed E-state index contributed by atoms with van der Waals surface area (Å²) < 4.78 is 0. The van der Waals surface area contributed by atoms with E-state index in [2.05, 4.69) is 5.32 Å². The van der Waals surface area contributed by atoms with Crippen molar-refractivity contribution in [2.24, 2.45) is 23.7 Å². The number of rotatable bonds is 3. The molecule has 3 rings (SSSR count). The SMILES string of the molecule is O=C([O-])[C@@H]1[C@@H](C(=O)Nc2ccc(Cl)c(Cl)c2)[C@H]2C=C[C@H]1C2. The highest BCUT2D eigenvalue weighted by molar-refractivity contribution is 6.42. The Morgan fingerprint density at radius 1 is 1.10 bits per heavy atom. The quantitative estimate of drug-likeness (QED) is 0.866. The van der Waals surface area contributed by atoms with Crippen LogP contribution in [0, 0.1) is 23.7 Å². The smallest absolute Gasteiger partial charge is 0.228 e. The number of carbonyl (C=O) groups excluding carboxylic acids is 2. The molecule has 1 fully saturated rings. The number of amides is 1. The molecule has 1 aromatic rings. The Labute approximate surface area is 131 Å². The van der Waals surface area contributed by atoms with Gasteiger partial charge in [0.1, 0.15) is 0 Å². The molecule has 110 valence electrons. The highest BCUT2D eigenvalue weighted by Crippen LogP contribution is 2.48. The summed E-state index contributed by atoms with van der Waals surface area (Å²) in [6.07, 6.45) is 4.48. The van der Waals surface area contributed by atoms with Crippen molar-refractivity contribution in [3.8, 4) is 0 Å². The molecule has 4 atom stereocenters. The zero-order chi connectivity index (χ0) is 15.1. The number of nitrogens with one attached hydrogen (secondary N) is 1. The lowest BCUT2D eigenvalue weighted by molar-refractivity contribution is -0.313. The summed E-state index contributed by atoms with van der Waals surface area (Å²) in [7, 11) is 0. The molecule has 1 amide bonds. The molecule has 0 spiro atoms. The zero-order valence-corrected chi connectivity index (χ0v) is 12.4. The van der Waals surface area contributed by atoms with Gasteiger partial charge in [0.2, 0.25) is 5.91 Å². The molecule has 2 aliphatic carbocycles. The van der Waals surface area contributed by atoms with Crippen molar-refractivity contribution in [1.29, 1.82) is 0 Å². The first-order chi connectivity index (χ1) is 9.97. The van der Waals surface area contributed by atoms with Crippen LogP contribution in [0.1, 0.15) is 6.42 Å². The van der Waals surface area contributed by atoms with Crippen LogP contribution in [0.5, 0.6) is 0 Å². The molecule has 1 aromatic carbocycles. The van der Waals surface area contributed by atoms with Gasteiger partial charge >= 0.3 is 0 Å². The molecular formula is C15H12Cl2NO3-. The number of carboxylic acid groups (broad SMARTS) is 1. The summed E-state index contributed by atoms with van der Waals surface area (Å²) in [5, 5.41) is 14.7. The molecule has 0 heterocycles. The zero-order valence-electron chi connectivity index (χ0n) is 10.9. The molecule has 0 radical (unpaired) electrons. The largest absolute Gasteiger partial charge is 0.550 e. The van der Waals surface area contributed by atoms with Gasteiger partial charge in [-0.05, 0) is 36.5 Å². The number of hydrogen-bond acceptors (Lipinski definition) is 3. The van der Waals surface area contributed by atoms with Crippen LogP contribution in [-0.4, -0.2) is 11.9 Å². The van der Waals surface area contributed by atoms with Gasteiger partial charge in [-0.1, -0.05) is 35.4 Å². The Morgan fingerprint density at radius 3 is 2.38 bits per heavy atom. The van der Waals surface area contributed by atoms with Gasteiger partial charge in [-0.15, -0.1) is 0 Å². The molecular weight excluding hydrogens is 313 g/mol. The third-order valence-electron chi connectivity index (χ3n) is 4.22. The maximum atomic E-state index is 12.4. The third kappa shape index (κ3) is 2.54. The van der Waals surface area contributed by atoms with Crippen LogP contribution in [0.2, 0.25) is 10.0 Å². The van der Waals surface area contributed by atoms with E-state index in [-0.39, 0.29) is 17.7 Å². The molecule has 0 aromatic heterocycles. The lowest BCUT2D eigenvalue weighted by Gasteiger charge is -2.27. The summed E-state index contributed by atoms with van der Waals surface area (Å²) in [6.45, 7) is 0. The molecule has 6 heteroatoms. The lowest BCUT2D eigenvalue weighted by Crippen LogP contribution is -2.42. The van der Waals surface area contributed by atoms with Crippen LogP contribution in [-0.2, 0) is 9.59 Å². The second-order valence-corrected chi connectivity index (χ2v) is 6.25. The summed E-state index contributed by atoms with van der Waals surface area (Å²) in [4.78, 5) is 23.7. The van der Waals surface area contributed by atoms with Crippen molar-refractivity contribution in [1.82, 2.24) is 0 Å². The maximum Gasteiger partial charge on any atom is 0.228 e. The van der Waals surface area contributed by atoms with Crippen LogP contribution >= 0.6 is 23.2 Å². The standard InChI is InChI=1S/C15H13Cl2NO3/c16-10-4-3-9(6-11(10)17)18-14(19)12-7-1-2-8(5-7)13(12)15(20)21/h1-4,6-8,12-13H,5H2,(H,18,19)(H,20,21)/p-1/t7-,8-,12-,13-/m0/s1. The van der Waals surface area contributed by atoms with Crippen LogP contribution in [0.4, 0.5) is 5.69 Å². The Morgan fingerprint density at radius 2 is 1.76 bits per heavy atom. The minimum absolute atomic E-state index is 0.0410. The first-order valence-electron chi connectivity index (χ1n) is 6.62. The fraction of sp³-hybridized carbons (Fsp3) is 0.333. The number of carboxylic acids is 1. The van der Waals surface area contributed by atoms with Gasteiger partial charge in [-0.25, -0.2) is 0 Å². The number of anilines is 1. The maximum absolute atomic E-state index is 12.4. The molecule has 0 saturated heterocycles. The number of fused-ring (bicyclic) bond motifs is 2. The van der Waals surface area contributed by atoms with E-state index < -0.39 is 17.8 Å². The third-order valence-corrected chi connectivity index (χ3v) is 4.96. The van der Waals surface area contributed by atoms with Gasteiger partial charge in [0, 0.05) is 17.6 Å². The minimum Gasteiger partial charge on any atom is -0.550 e. The van der Waals surface area contributed by atoms with E-state index in [1.165, 1.54) is 0 Å². The highest BCUT2D eigenvalue weighted by Gasteiger charge is 2.48. The fourth-order valence-electron chi connectivity index (χ4n) is 3.30. The number of halogens is 2. The van der Waals surface area contributed by atoms with Crippen molar-refractivity contribution in [3.63, 3.8) is 0 Å². The Hall–Kier alpha value is -1.52. The van der Waals surface area contributed by atoms with E-state index in [9.17, 15) is 14.7 Å². The lowest BCUT2D eigenvalue weighted by atomic mass is 9.82. The molecule has 1 saturated carbocycles. The second kappa shape index (κ2) is 5.35. The van der Waals surface area contributed by atoms with E-state index in [0.29, 0.717) is 22.2 Å². The summed E-state index contributed by atoms with van der Waals surface area (Å²) in [5.74, 6) is -2.99. The first-order valence-corrected chi connectivity index (χ1v) is 7.38. The monoisotopic (exact) mass is 324 g/mol. The van der Waals surface area contributed by atoms with Crippen LogP contribution in [0.3, 0.4) is 0 Å². The van der Waals surface area contributed by atoms with Crippen molar-refractivity contribution in [3.05, 3.63) is 40.4 Å². The first kappa shape index (κ1) is 14.4. The molecule has 4 nitrogen and oxygen atoms in total. The van der Waals surface area contributed by atoms with Crippen molar-refractivity contribution in [2.45, 2.75) is 6.42 Å². The van der Waals surface area contributed by atoms with Gasteiger partial charge in [-0.2, -0.15) is 0 Å². The van der Waals surface area contributed by atoms with Crippen LogP contribution in [0.25, 0.3) is 0 Å². The number of aliphatic carboxylic acids is 1. The van der Waals surface area contributed by atoms with Gasteiger partial charge in [0.15, 0.2) is 0 Å². The average molecular weight is 325 g/mol. The number of carbonyl (C=O) groups is 2. The number of hydrogen-bond donors (Lipinski definition) is 1. The molecule has 0 aliphatic heterocycles. The highest BCUT2D eigenvalue weighted by atomic mass is 35.5. The van der Waals surface area contributed by atoms with Crippen molar-refractivity contribution >= 4 is 40.8 Å². The van der Waals surface area contributed by atoms with Gasteiger partial charge in [0.05, 0.1) is 16.0 Å². The predicted molar refractivity (Wildman–Crippen MR) is 77.8 cm³/mol. The fourth-order valence-corrected chi connectivity index (χ4v) is 3.60. The number of allylic oxidation sites excluding steroid dienone is 2. The van der Waals surface area contributed by atoms with Gasteiger partial charge < -0.3 is 15.2 Å². The van der Waals surface area contributed by atoms with E-state index in [4.69, 9.17) is 23.2 Å². The average Bonchev–Trinajstić information content (AvgIpc) is 3.03. The van der Waals surface area contributed by atoms with Crippen LogP contribution < -0.4 is 10.4 Å². The topological polar surface area (TPSA) is 69.2 Å². The predicted octanol–water partition coefficient (Wildman–Crippen LogP) is 2.12. The Kier molecular flexibility index (Phi) is 3.68. The van der Waals surface area contributed by atoms with E-state index >= 15 is 0 Å². The summed E-state index contributed by atoms with van der Waals surface area (Å²) in [5.41, 5.74) is 0.498. The molecule has 21 heavy (non-hydrogen) atoms. The normalized spacial score (nSPS) is 29.6. The van der Waals surface area contributed by atoms with E-state index in [1.807, 2.05) is 12.2 Å². The Bertz CT molecular complexity index is 644. The van der Waals surface area contributed by atoms with E-state index in [0.717, 1.165) is 0 Å². The van der Waals surface area contributed by atoms with Crippen LogP contribution in [0.15, 0.2) is 30.4 Å². The number of benzene rings is 1. The van der Waals surface area contributed by atoms with Crippen molar-refractivity contribution in [2.75, 3.05) is 5.32 Å². The van der Waals surface area contributed by atoms with Crippen molar-refractivity contribution < 1.29 is 14.7 Å². The van der Waals surface area contributed by atoms with Gasteiger partial charge in [-0.3, -0.25) is 4.79 Å². The minimum atomic E-state index is -1.17. The summed E-state index contributed by atoms with van der Waals surface area (Å²) in [6, 6.07) is 4.75. The molecule has 1 N–H and O–H groups in total. The molecule has 2 aliphatic rings. The molecule has 0 unspecified atom stereocenters.